The van der Waals surface area contributed by atoms with E-state index < -0.39 is 11.7 Å². The summed E-state index contributed by atoms with van der Waals surface area (Å²) in [4.78, 5) is 23.1. The number of carbonyl (C=O) groups is 1. The molecule has 1 aliphatic carbocycles. The highest BCUT2D eigenvalue weighted by molar-refractivity contribution is 5.82. The summed E-state index contributed by atoms with van der Waals surface area (Å²) >= 11 is 0. The van der Waals surface area contributed by atoms with E-state index in [0.717, 1.165) is 84.5 Å². The molecule has 5 aromatic rings. The second-order valence-electron chi connectivity index (χ2n) is 11.9. The first-order chi connectivity index (χ1) is 22.1. The lowest BCUT2D eigenvalue weighted by Crippen LogP contribution is -2.47. The Morgan fingerprint density at radius 2 is 1.40 bits per heavy atom. The molecule has 0 bridgehead atoms. The van der Waals surface area contributed by atoms with E-state index >= 15 is 4.48 Å². The van der Waals surface area contributed by atoms with Crippen LogP contribution in [0.2, 0.25) is 0 Å². The number of hydrogen-bond acceptors (Lipinski definition) is 5. The maximum absolute atomic E-state index is 15.3. The minimum atomic E-state index is -1.05. The van der Waals surface area contributed by atoms with Gasteiger partial charge in [0.05, 0.1) is 12.1 Å². The number of halogens is 1. The van der Waals surface area contributed by atoms with E-state index in [0.29, 0.717) is 12.0 Å². The summed E-state index contributed by atoms with van der Waals surface area (Å²) in [7, 11) is 0. The van der Waals surface area contributed by atoms with Crippen molar-refractivity contribution < 1.29 is 14.0 Å². The molecule has 45 heavy (non-hydrogen) atoms. The topological polar surface area (TPSA) is 48.9 Å². The number of aromatic nitrogens is 1. The van der Waals surface area contributed by atoms with Crippen molar-refractivity contribution in [2.75, 3.05) is 37.6 Å². The van der Waals surface area contributed by atoms with Gasteiger partial charge in [0.15, 0.2) is 5.60 Å². The van der Waals surface area contributed by atoms with Gasteiger partial charge in [-0.15, -0.1) is 5.12 Å². The van der Waals surface area contributed by atoms with E-state index in [2.05, 4.69) is 46.2 Å². The first-order valence-corrected chi connectivity index (χ1v) is 15.8. The number of nitrogens with zero attached hydrogens (tertiary/aromatic N) is 4. The van der Waals surface area contributed by atoms with Crippen LogP contribution in [0.25, 0.3) is 22.0 Å². The van der Waals surface area contributed by atoms with E-state index in [1.807, 2.05) is 66.7 Å². The number of unbranched alkanes of at least 4 members (excludes halogenated alkanes) is 1. The van der Waals surface area contributed by atoms with Gasteiger partial charge in [-0.3, -0.25) is 4.90 Å². The molecule has 1 amide bonds. The average molecular weight is 601 g/mol. The summed E-state index contributed by atoms with van der Waals surface area (Å²) in [5.41, 5.74) is 4.59. The Morgan fingerprint density at radius 1 is 0.756 bits per heavy atom. The van der Waals surface area contributed by atoms with Gasteiger partial charge >= 0.3 is 6.09 Å². The van der Waals surface area contributed by atoms with Gasteiger partial charge in [0.25, 0.3) is 0 Å². The summed E-state index contributed by atoms with van der Waals surface area (Å²) in [5.74, 6) is 1.03. The predicted molar refractivity (Wildman–Crippen MR) is 176 cm³/mol. The zero-order chi connectivity index (χ0) is 30.6. The molecule has 4 aromatic carbocycles. The van der Waals surface area contributed by atoms with Crippen molar-refractivity contribution in [1.29, 1.82) is 0 Å². The Labute approximate surface area is 263 Å². The summed E-state index contributed by atoms with van der Waals surface area (Å²) in [6.45, 7) is 4.59. The molecule has 0 unspecified atom stereocenters. The Hall–Kier alpha value is -4.75. The van der Waals surface area contributed by atoms with Crippen molar-refractivity contribution >= 4 is 22.8 Å². The van der Waals surface area contributed by atoms with Crippen LogP contribution in [0.3, 0.4) is 0 Å². The van der Waals surface area contributed by atoms with E-state index in [1.165, 1.54) is 0 Å². The summed E-state index contributed by atoms with van der Waals surface area (Å²) in [6, 6.07) is 37.7. The van der Waals surface area contributed by atoms with Crippen molar-refractivity contribution in [1.82, 2.24) is 15.0 Å². The molecular weight excluding hydrogens is 563 g/mol. The third-order valence-electron chi connectivity index (χ3n) is 9.17. The van der Waals surface area contributed by atoms with Crippen molar-refractivity contribution in [3.05, 3.63) is 132 Å². The molecule has 2 aliphatic rings. The minimum absolute atomic E-state index is 0.167. The Bertz CT molecular complexity index is 1740. The maximum Gasteiger partial charge on any atom is 0.439 e. The highest BCUT2D eigenvalue weighted by Gasteiger charge is 2.47. The van der Waals surface area contributed by atoms with E-state index in [9.17, 15) is 4.79 Å². The fraction of sp³-hybridized carbons (Fsp3) is 0.263. The van der Waals surface area contributed by atoms with Crippen molar-refractivity contribution in [3.63, 3.8) is 0 Å². The van der Waals surface area contributed by atoms with Gasteiger partial charge in [-0.2, -0.15) is 0 Å². The van der Waals surface area contributed by atoms with Crippen LogP contribution in [0.15, 0.2) is 115 Å². The largest absolute Gasteiger partial charge is 0.439 e. The van der Waals surface area contributed by atoms with Crippen LogP contribution in [0, 0.1) is 0 Å². The number of benzene rings is 4. The van der Waals surface area contributed by atoms with Crippen LogP contribution < -0.4 is 4.90 Å². The van der Waals surface area contributed by atoms with Gasteiger partial charge in [0.1, 0.15) is 5.82 Å². The highest BCUT2D eigenvalue weighted by Crippen LogP contribution is 2.52. The second-order valence-corrected chi connectivity index (χ2v) is 11.9. The predicted octanol–water partition coefficient (Wildman–Crippen LogP) is 7.97. The fourth-order valence-electron chi connectivity index (χ4n) is 6.86. The molecule has 0 atom stereocenters. The average Bonchev–Trinajstić information content (AvgIpc) is 3.36. The number of fused-ring (bicyclic) bond motifs is 4. The lowest BCUT2D eigenvalue weighted by molar-refractivity contribution is -0.0443. The SMILES string of the molecule is O=C(OC1(CCCCN2CCN(c3ccc4ccccc4n3)CC2)c2ccccc2-c2ccccc21)N(F)Cc1ccccc1. The van der Waals surface area contributed by atoms with Gasteiger partial charge in [-0.25, -0.2) is 9.78 Å². The molecule has 7 rings (SSSR count). The van der Waals surface area contributed by atoms with Crippen LogP contribution >= 0.6 is 0 Å². The summed E-state index contributed by atoms with van der Waals surface area (Å²) in [5, 5.41) is 1.34. The Balaban J connectivity index is 1.02. The van der Waals surface area contributed by atoms with Gasteiger partial charge < -0.3 is 9.64 Å². The van der Waals surface area contributed by atoms with Crippen molar-refractivity contribution in [3.8, 4) is 11.1 Å². The van der Waals surface area contributed by atoms with Gasteiger partial charge in [-0.05, 0) is 60.7 Å². The third-order valence-corrected chi connectivity index (χ3v) is 9.17. The number of piperazine rings is 1. The highest BCUT2D eigenvalue weighted by atomic mass is 19.2. The van der Waals surface area contributed by atoms with Gasteiger partial charge in [0, 0.05) is 42.7 Å². The quantitative estimate of drug-likeness (QED) is 0.127. The van der Waals surface area contributed by atoms with Crippen molar-refractivity contribution in [2.45, 2.75) is 31.4 Å². The van der Waals surface area contributed by atoms with Crippen LogP contribution in [0.4, 0.5) is 15.1 Å². The molecule has 1 aliphatic heterocycles. The fourth-order valence-corrected chi connectivity index (χ4v) is 6.86. The minimum Gasteiger partial charge on any atom is -0.431 e. The first-order valence-electron chi connectivity index (χ1n) is 15.8. The molecule has 228 valence electrons. The van der Waals surface area contributed by atoms with Crippen LogP contribution in [0.5, 0.6) is 0 Å². The second kappa shape index (κ2) is 12.7. The molecule has 7 heteroatoms. The standard InChI is InChI=1S/C38H37FN4O2/c39-43(28-29-12-2-1-3-13-29)37(44)45-38(33-17-7-5-15-31(33)32-16-6-8-18-34(32)38)22-10-11-23-41-24-26-42(27-25-41)36-21-20-30-14-4-9-19-35(30)40-36/h1-9,12-21H,10-11,22-28H2. The number of ether oxygens (including phenoxy) is 1. The normalized spacial score (nSPS) is 15.4. The van der Waals surface area contributed by atoms with Gasteiger partial charge in [-0.1, -0.05) is 102 Å². The molecule has 0 radical (unpaired) electrons. The van der Waals surface area contributed by atoms with Gasteiger partial charge in [0.2, 0.25) is 0 Å². The first kappa shape index (κ1) is 29.0. The van der Waals surface area contributed by atoms with Crippen LogP contribution in [-0.2, 0) is 16.9 Å². The lowest BCUT2D eigenvalue weighted by atomic mass is 9.86. The van der Waals surface area contributed by atoms with Crippen LogP contribution in [0.1, 0.15) is 36.0 Å². The molecule has 0 spiro atoms. The Kier molecular flexibility index (Phi) is 8.18. The van der Waals surface area contributed by atoms with Crippen LogP contribution in [-0.4, -0.2) is 53.8 Å². The molecule has 1 aromatic heterocycles. The third kappa shape index (κ3) is 5.88. The summed E-state index contributed by atoms with van der Waals surface area (Å²) in [6.07, 6.45) is 1.38. The zero-order valence-corrected chi connectivity index (χ0v) is 25.3. The Morgan fingerprint density at radius 3 is 2.13 bits per heavy atom. The maximum atomic E-state index is 15.3. The lowest BCUT2D eigenvalue weighted by Gasteiger charge is -2.36. The summed E-state index contributed by atoms with van der Waals surface area (Å²) < 4.78 is 21.5. The number of hydrogen-bond donors (Lipinski definition) is 0. The molecule has 0 saturated carbocycles. The number of anilines is 1. The number of pyridine rings is 1. The zero-order valence-electron chi connectivity index (χ0n) is 25.3. The smallest absolute Gasteiger partial charge is 0.431 e. The monoisotopic (exact) mass is 600 g/mol. The van der Waals surface area contributed by atoms with E-state index in [-0.39, 0.29) is 11.7 Å². The number of carbonyl (C=O) groups excluding carboxylic acids is 1. The number of rotatable bonds is 9. The number of amides is 1. The molecular formula is C38H37FN4O2. The number of para-hydroxylation sites is 1. The molecule has 0 N–H and O–H groups in total. The molecule has 1 saturated heterocycles. The van der Waals surface area contributed by atoms with E-state index in [4.69, 9.17) is 9.72 Å². The molecule has 2 heterocycles. The van der Waals surface area contributed by atoms with Crippen molar-refractivity contribution in [2.24, 2.45) is 0 Å². The molecule has 6 nitrogen and oxygen atoms in total. The molecule has 1 fully saturated rings. The van der Waals surface area contributed by atoms with E-state index in [1.54, 1.807) is 12.1 Å².